The van der Waals surface area contributed by atoms with Crippen molar-refractivity contribution in [1.29, 1.82) is 0 Å². The minimum absolute atomic E-state index is 0.197. The van der Waals surface area contributed by atoms with Crippen LogP contribution in [0, 0.1) is 0 Å². The lowest BCUT2D eigenvalue weighted by atomic mass is 10.2. The van der Waals surface area contributed by atoms with Gasteiger partial charge in [-0.15, -0.1) is 5.10 Å². The zero-order valence-corrected chi connectivity index (χ0v) is 21.0. The maximum Gasteiger partial charge on any atom is 0.291 e. The monoisotopic (exact) mass is 491 g/mol. The lowest BCUT2D eigenvalue weighted by Crippen LogP contribution is -2.23. The van der Waals surface area contributed by atoms with Crippen molar-refractivity contribution in [1.82, 2.24) is 14.6 Å². The van der Waals surface area contributed by atoms with E-state index < -0.39 is 0 Å². The highest BCUT2D eigenvalue weighted by molar-refractivity contribution is 7.15. The van der Waals surface area contributed by atoms with E-state index in [1.807, 2.05) is 54.6 Å². The minimum Gasteiger partial charge on any atom is -0.497 e. The minimum atomic E-state index is -0.197. The molecular formula is C27H29N3O4S. The molecule has 0 saturated heterocycles. The first-order valence-electron chi connectivity index (χ1n) is 11.7. The predicted molar refractivity (Wildman–Crippen MR) is 140 cm³/mol. The van der Waals surface area contributed by atoms with Crippen LogP contribution in [0.4, 0.5) is 0 Å². The second-order valence-corrected chi connectivity index (χ2v) is 9.02. The molecule has 2 heterocycles. The lowest BCUT2D eigenvalue weighted by molar-refractivity contribution is 0.285. The topological polar surface area (TPSA) is 75.0 Å². The van der Waals surface area contributed by atoms with Crippen LogP contribution in [-0.2, 0) is 0 Å². The second-order valence-electron chi connectivity index (χ2n) is 8.01. The van der Waals surface area contributed by atoms with Crippen LogP contribution < -0.4 is 24.3 Å². The van der Waals surface area contributed by atoms with Gasteiger partial charge in [0.25, 0.3) is 5.56 Å². The summed E-state index contributed by atoms with van der Waals surface area (Å²) in [6.07, 6.45) is 10.1. The molecule has 182 valence electrons. The first-order valence-corrected chi connectivity index (χ1v) is 12.5. The van der Waals surface area contributed by atoms with E-state index in [2.05, 4.69) is 17.0 Å². The molecule has 0 aliphatic carbocycles. The number of thiazole rings is 1. The van der Waals surface area contributed by atoms with Crippen molar-refractivity contribution >= 4 is 34.5 Å². The van der Waals surface area contributed by atoms with Crippen LogP contribution in [0.1, 0.15) is 49.6 Å². The van der Waals surface area contributed by atoms with Gasteiger partial charge in [0.1, 0.15) is 5.75 Å². The largest absolute Gasteiger partial charge is 0.497 e. The van der Waals surface area contributed by atoms with Crippen LogP contribution in [0.5, 0.6) is 17.2 Å². The van der Waals surface area contributed by atoms with Crippen molar-refractivity contribution in [3.8, 4) is 17.2 Å². The average molecular weight is 492 g/mol. The molecular weight excluding hydrogens is 462 g/mol. The summed E-state index contributed by atoms with van der Waals surface area (Å²) in [6, 6.07) is 13.3. The number of fused-ring (bicyclic) bond motifs is 1. The highest BCUT2D eigenvalue weighted by Crippen LogP contribution is 2.28. The van der Waals surface area contributed by atoms with Crippen LogP contribution >= 0.6 is 11.3 Å². The average Bonchev–Trinajstić information content (AvgIpc) is 3.41. The van der Waals surface area contributed by atoms with E-state index in [-0.39, 0.29) is 5.56 Å². The van der Waals surface area contributed by atoms with Crippen LogP contribution in [0.25, 0.3) is 23.2 Å². The standard InChI is InChI=1S/C27H29N3O4S/c1-4-5-6-7-16-34-22-14-10-20(17-23(22)33-3)18-24-26(31)30-27(35-24)28-25(29-30)15-11-19-8-12-21(32-2)13-9-19/h8-15,17-18H,4-7,16H2,1-3H3/b15-11+,24-18+. The molecule has 7 nitrogen and oxygen atoms in total. The van der Waals surface area contributed by atoms with Gasteiger partial charge in [-0.3, -0.25) is 4.79 Å². The molecule has 35 heavy (non-hydrogen) atoms. The Morgan fingerprint density at radius 3 is 2.46 bits per heavy atom. The number of rotatable bonds is 11. The zero-order chi connectivity index (χ0) is 24.6. The Hall–Kier alpha value is -3.65. The highest BCUT2D eigenvalue weighted by Gasteiger charge is 2.10. The second kappa shape index (κ2) is 11.7. The third-order valence-electron chi connectivity index (χ3n) is 5.48. The van der Waals surface area contributed by atoms with Crippen LogP contribution in [0.3, 0.4) is 0 Å². The highest BCUT2D eigenvalue weighted by atomic mass is 32.1. The summed E-state index contributed by atoms with van der Waals surface area (Å²) in [6.45, 7) is 2.85. The number of hydrogen-bond acceptors (Lipinski definition) is 7. The molecule has 4 rings (SSSR count). The first-order chi connectivity index (χ1) is 17.1. The van der Waals surface area contributed by atoms with E-state index >= 15 is 0 Å². The Labute approximate surface area is 208 Å². The Kier molecular flexibility index (Phi) is 8.15. The number of methoxy groups -OCH3 is 2. The first kappa shape index (κ1) is 24.5. The molecule has 0 bridgehead atoms. The molecule has 4 aromatic rings. The molecule has 0 atom stereocenters. The smallest absolute Gasteiger partial charge is 0.291 e. The van der Waals surface area contributed by atoms with Gasteiger partial charge in [-0.2, -0.15) is 9.50 Å². The van der Waals surface area contributed by atoms with Crippen molar-refractivity contribution in [3.63, 3.8) is 0 Å². The van der Waals surface area contributed by atoms with Crippen molar-refractivity contribution in [2.75, 3.05) is 20.8 Å². The fourth-order valence-electron chi connectivity index (χ4n) is 3.56. The van der Waals surface area contributed by atoms with E-state index in [0.29, 0.717) is 33.4 Å². The van der Waals surface area contributed by atoms with Gasteiger partial charge in [0.2, 0.25) is 4.96 Å². The Morgan fingerprint density at radius 1 is 0.943 bits per heavy atom. The van der Waals surface area contributed by atoms with Crippen molar-refractivity contribution in [2.24, 2.45) is 0 Å². The van der Waals surface area contributed by atoms with Crippen LogP contribution in [0.2, 0.25) is 0 Å². The van der Waals surface area contributed by atoms with Gasteiger partial charge >= 0.3 is 0 Å². The van der Waals surface area contributed by atoms with Gasteiger partial charge in [-0.25, -0.2) is 0 Å². The summed E-state index contributed by atoms with van der Waals surface area (Å²) >= 11 is 1.30. The van der Waals surface area contributed by atoms with Crippen LogP contribution in [0.15, 0.2) is 47.3 Å². The number of nitrogens with zero attached hydrogens (tertiary/aromatic N) is 3. The molecule has 0 amide bonds. The predicted octanol–water partition coefficient (Wildman–Crippen LogP) is 4.85. The van der Waals surface area contributed by atoms with Crippen molar-refractivity contribution in [2.45, 2.75) is 32.6 Å². The third kappa shape index (κ3) is 6.08. The summed E-state index contributed by atoms with van der Waals surface area (Å²) in [5.41, 5.74) is 1.64. The summed E-state index contributed by atoms with van der Waals surface area (Å²) in [5, 5.41) is 4.35. The molecule has 0 unspecified atom stereocenters. The molecule has 0 spiro atoms. The molecule has 8 heteroatoms. The number of ether oxygens (including phenoxy) is 3. The third-order valence-corrected chi connectivity index (χ3v) is 6.44. The maximum absolute atomic E-state index is 12.9. The van der Waals surface area contributed by atoms with E-state index in [9.17, 15) is 4.79 Å². The summed E-state index contributed by atoms with van der Waals surface area (Å²) in [5.74, 6) is 2.63. The van der Waals surface area contributed by atoms with E-state index in [0.717, 1.165) is 29.7 Å². The molecule has 0 fully saturated rings. The molecule has 0 aliphatic heterocycles. The van der Waals surface area contributed by atoms with Gasteiger partial charge in [0, 0.05) is 0 Å². The number of aromatic nitrogens is 3. The molecule has 0 N–H and O–H groups in total. The zero-order valence-electron chi connectivity index (χ0n) is 20.2. The number of benzene rings is 2. The van der Waals surface area contributed by atoms with Gasteiger partial charge in [-0.05, 0) is 54.0 Å². The number of unbranched alkanes of at least 4 members (excludes halogenated alkanes) is 3. The van der Waals surface area contributed by atoms with Crippen LogP contribution in [-0.4, -0.2) is 35.4 Å². The lowest BCUT2D eigenvalue weighted by Gasteiger charge is -2.11. The molecule has 0 saturated carbocycles. The normalized spacial score (nSPS) is 12.0. The summed E-state index contributed by atoms with van der Waals surface area (Å²) in [4.78, 5) is 17.9. The van der Waals surface area contributed by atoms with E-state index in [4.69, 9.17) is 14.2 Å². The number of hydrogen-bond donors (Lipinski definition) is 0. The van der Waals surface area contributed by atoms with E-state index in [1.165, 1.54) is 28.7 Å². The van der Waals surface area contributed by atoms with Gasteiger partial charge < -0.3 is 14.2 Å². The van der Waals surface area contributed by atoms with E-state index in [1.54, 1.807) is 20.3 Å². The summed E-state index contributed by atoms with van der Waals surface area (Å²) in [7, 11) is 3.25. The fourth-order valence-corrected chi connectivity index (χ4v) is 4.48. The van der Waals surface area contributed by atoms with Crippen molar-refractivity contribution < 1.29 is 14.2 Å². The summed E-state index contributed by atoms with van der Waals surface area (Å²) < 4.78 is 18.5. The SMILES string of the molecule is CCCCCCOc1ccc(/C=c2/sc3nc(/C=C/c4ccc(OC)cc4)nn3c2=O)cc1OC. The fraction of sp³-hybridized carbons (Fsp3) is 0.296. The quantitative estimate of drug-likeness (QED) is 0.279. The molecule has 2 aromatic carbocycles. The van der Waals surface area contributed by atoms with Gasteiger partial charge in [-0.1, -0.05) is 61.8 Å². The Bertz CT molecular complexity index is 1410. The molecule has 0 aliphatic rings. The molecule has 2 aromatic heterocycles. The van der Waals surface area contributed by atoms with Gasteiger partial charge in [0.05, 0.1) is 25.4 Å². The van der Waals surface area contributed by atoms with Crippen molar-refractivity contribution in [3.05, 3.63) is 74.3 Å². The Balaban J connectivity index is 1.50. The maximum atomic E-state index is 12.9. The van der Waals surface area contributed by atoms with Gasteiger partial charge in [0.15, 0.2) is 17.3 Å². The Morgan fingerprint density at radius 2 is 1.74 bits per heavy atom. The molecule has 0 radical (unpaired) electrons.